The Morgan fingerprint density at radius 3 is 2.44 bits per heavy atom. The van der Waals surface area contributed by atoms with E-state index in [2.05, 4.69) is 15.9 Å². The van der Waals surface area contributed by atoms with Gasteiger partial charge in [0.2, 0.25) is 15.9 Å². The van der Waals surface area contributed by atoms with Crippen molar-refractivity contribution < 1.29 is 13.2 Å². The minimum Gasteiger partial charge on any atom is -0.339 e. The molecule has 0 unspecified atom stereocenters. The summed E-state index contributed by atoms with van der Waals surface area (Å²) in [4.78, 5) is 28.0. The second-order valence-electron chi connectivity index (χ2n) is 6.38. The molecule has 1 saturated heterocycles. The van der Waals surface area contributed by atoms with E-state index in [1.165, 1.54) is 26.3 Å². The van der Waals surface area contributed by atoms with E-state index in [1.807, 2.05) is 6.92 Å². The van der Waals surface area contributed by atoms with Crippen LogP contribution < -0.4 is 5.56 Å². The third-order valence-electron chi connectivity index (χ3n) is 4.46. The zero-order valence-electron chi connectivity index (χ0n) is 15.0. The molecule has 3 heterocycles. The van der Waals surface area contributed by atoms with E-state index in [0.29, 0.717) is 22.5 Å². The van der Waals surface area contributed by atoms with E-state index in [-0.39, 0.29) is 31.1 Å². The number of carbonyl (C=O) groups is 1. The summed E-state index contributed by atoms with van der Waals surface area (Å²) in [5.41, 5.74) is -0.254. The molecule has 0 radical (unpaired) electrons. The Kier molecular flexibility index (Phi) is 5.90. The number of hydrogen-bond acceptors (Lipinski definition) is 5. The van der Waals surface area contributed by atoms with Gasteiger partial charge < -0.3 is 9.47 Å². The zero-order valence-corrected chi connectivity index (χ0v) is 18.2. The van der Waals surface area contributed by atoms with Gasteiger partial charge in [0.05, 0.1) is 4.90 Å². The number of halogens is 1. The van der Waals surface area contributed by atoms with Crippen LogP contribution in [0.2, 0.25) is 0 Å². The number of amides is 1. The summed E-state index contributed by atoms with van der Waals surface area (Å²) in [5.74, 6) is -0.199. The van der Waals surface area contributed by atoms with Crippen molar-refractivity contribution in [2.75, 3.05) is 26.2 Å². The maximum Gasteiger partial charge on any atom is 0.251 e. The van der Waals surface area contributed by atoms with Gasteiger partial charge in [-0.3, -0.25) is 9.59 Å². The lowest BCUT2D eigenvalue weighted by Gasteiger charge is -2.34. The number of rotatable bonds is 4. The predicted octanol–water partition coefficient (Wildman–Crippen LogP) is 1.82. The van der Waals surface area contributed by atoms with Crippen LogP contribution in [0.1, 0.15) is 9.75 Å². The van der Waals surface area contributed by atoms with Crippen LogP contribution in [0.25, 0.3) is 0 Å². The average molecular weight is 474 g/mol. The van der Waals surface area contributed by atoms with E-state index >= 15 is 0 Å². The normalized spacial score (nSPS) is 15.9. The molecule has 1 fully saturated rings. The van der Waals surface area contributed by atoms with Crippen LogP contribution in [0.3, 0.4) is 0 Å². The van der Waals surface area contributed by atoms with E-state index in [1.54, 1.807) is 30.2 Å². The molecule has 3 rings (SSSR count). The first-order chi connectivity index (χ1) is 12.7. The summed E-state index contributed by atoms with van der Waals surface area (Å²) in [6.07, 6.45) is 1.57. The first-order valence-electron chi connectivity index (χ1n) is 8.39. The highest BCUT2D eigenvalue weighted by Gasteiger charge is 2.31. The smallest absolute Gasteiger partial charge is 0.251 e. The Balaban J connectivity index is 1.66. The Labute approximate surface area is 170 Å². The molecule has 27 heavy (non-hydrogen) atoms. The van der Waals surface area contributed by atoms with Crippen LogP contribution in [-0.4, -0.2) is 54.3 Å². The molecule has 0 aliphatic carbocycles. The standard InChI is InChI=1S/C17H20BrN3O4S2/c1-12-9-15(13(2)26-12)27(24,25)21-7-5-19(6-8-21)17(23)11-20-10-14(18)3-4-16(20)22/h3-4,9-10H,5-8,11H2,1-2H3. The second-order valence-corrected chi connectivity index (χ2v) is 10.7. The number of sulfonamides is 1. The zero-order chi connectivity index (χ0) is 19.8. The number of aryl methyl sites for hydroxylation is 2. The molecule has 0 spiro atoms. The molecule has 0 atom stereocenters. The van der Waals surface area contributed by atoms with Crippen LogP contribution in [0.15, 0.2) is 38.6 Å². The lowest BCUT2D eigenvalue weighted by molar-refractivity contribution is -0.133. The summed E-state index contributed by atoms with van der Waals surface area (Å²) >= 11 is 4.75. The van der Waals surface area contributed by atoms with Gasteiger partial charge in [0.25, 0.3) is 5.56 Å². The number of aromatic nitrogens is 1. The number of carbonyl (C=O) groups excluding carboxylic acids is 1. The van der Waals surface area contributed by atoms with E-state index in [9.17, 15) is 18.0 Å². The molecule has 1 aliphatic rings. The lowest BCUT2D eigenvalue weighted by atomic mass is 10.3. The molecule has 1 aliphatic heterocycles. The fourth-order valence-corrected chi connectivity index (χ4v) is 6.38. The van der Waals surface area contributed by atoms with Crippen molar-refractivity contribution in [2.24, 2.45) is 0 Å². The predicted molar refractivity (Wildman–Crippen MR) is 108 cm³/mol. The monoisotopic (exact) mass is 473 g/mol. The Morgan fingerprint density at radius 1 is 1.19 bits per heavy atom. The Morgan fingerprint density at radius 2 is 1.85 bits per heavy atom. The fraction of sp³-hybridized carbons (Fsp3) is 0.412. The summed E-state index contributed by atoms with van der Waals surface area (Å²) in [7, 11) is -3.55. The molecule has 1 amide bonds. The number of thiophene rings is 1. The molecule has 146 valence electrons. The van der Waals surface area contributed by atoms with Gasteiger partial charge in [-0.2, -0.15) is 4.31 Å². The van der Waals surface area contributed by atoms with Gasteiger partial charge in [-0.05, 0) is 41.9 Å². The fourth-order valence-electron chi connectivity index (χ4n) is 3.05. The summed E-state index contributed by atoms with van der Waals surface area (Å²) < 4.78 is 29.2. The molecule has 2 aromatic heterocycles. The van der Waals surface area contributed by atoms with Gasteiger partial charge in [0, 0.05) is 52.7 Å². The quantitative estimate of drug-likeness (QED) is 0.678. The summed E-state index contributed by atoms with van der Waals surface area (Å²) in [5, 5.41) is 0. The third-order valence-corrected chi connectivity index (χ3v) is 8.05. The number of hydrogen-bond donors (Lipinski definition) is 0. The number of piperazine rings is 1. The lowest BCUT2D eigenvalue weighted by Crippen LogP contribution is -2.51. The molecule has 0 bridgehead atoms. The van der Waals surface area contributed by atoms with Crippen LogP contribution in [-0.2, 0) is 21.4 Å². The Bertz CT molecular complexity index is 1020. The largest absolute Gasteiger partial charge is 0.339 e. The first kappa shape index (κ1) is 20.2. The van der Waals surface area contributed by atoms with Gasteiger partial charge in [-0.25, -0.2) is 8.42 Å². The molecule has 10 heteroatoms. The van der Waals surface area contributed by atoms with Gasteiger partial charge in [-0.1, -0.05) is 0 Å². The third kappa shape index (κ3) is 4.34. The highest BCUT2D eigenvalue weighted by Crippen LogP contribution is 2.28. The summed E-state index contributed by atoms with van der Waals surface area (Å²) in [6, 6.07) is 4.72. The van der Waals surface area contributed by atoms with E-state index in [4.69, 9.17) is 0 Å². The van der Waals surface area contributed by atoms with Crippen molar-refractivity contribution in [3.8, 4) is 0 Å². The van der Waals surface area contributed by atoms with Crippen molar-refractivity contribution in [1.29, 1.82) is 0 Å². The molecule has 2 aromatic rings. The van der Waals surface area contributed by atoms with Crippen molar-refractivity contribution in [3.63, 3.8) is 0 Å². The molecular formula is C17H20BrN3O4S2. The SMILES string of the molecule is Cc1cc(S(=O)(=O)N2CCN(C(=O)Cn3cc(Br)ccc3=O)CC2)c(C)s1. The maximum atomic E-state index is 12.8. The maximum absolute atomic E-state index is 12.8. The highest BCUT2D eigenvalue weighted by molar-refractivity contribution is 9.10. The number of pyridine rings is 1. The average Bonchev–Trinajstić information content (AvgIpc) is 2.97. The minimum absolute atomic E-state index is 0.0617. The van der Waals surface area contributed by atoms with Gasteiger partial charge in [-0.15, -0.1) is 11.3 Å². The molecule has 7 nitrogen and oxygen atoms in total. The summed E-state index contributed by atoms with van der Waals surface area (Å²) in [6.45, 7) is 4.74. The first-order valence-corrected chi connectivity index (χ1v) is 11.4. The van der Waals surface area contributed by atoms with Crippen LogP contribution in [0.4, 0.5) is 0 Å². The van der Waals surface area contributed by atoms with E-state index in [0.717, 1.165) is 9.75 Å². The minimum atomic E-state index is -3.55. The second kappa shape index (κ2) is 7.86. The van der Waals surface area contributed by atoms with Crippen LogP contribution in [0.5, 0.6) is 0 Å². The van der Waals surface area contributed by atoms with Crippen molar-refractivity contribution >= 4 is 43.2 Å². The van der Waals surface area contributed by atoms with Gasteiger partial charge >= 0.3 is 0 Å². The van der Waals surface area contributed by atoms with Crippen LogP contribution in [0, 0.1) is 13.8 Å². The molecule has 0 aromatic carbocycles. The van der Waals surface area contributed by atoms with Crippen molar-refractivity contribution in [3.05, 3.63) is 49.0 Å². The Hall–Kier alpha value is -1.49. The van der Waals surface area contributed by atoms with Gasteiger partial charge in [0.15, 0.2) is 0 Å². The van der Waals surface area contributed by atoms with Crippen molar-refractivity contribution in [2.45, 2.75) is 25.3 Å². The van der Waals surface area contributed by atoms with Crippen molar-refractivity contribution in [1.82, 2.24) is 13.8 Å². The highest BCUT2D eigenvalue weighted by atomic mass is 79.9. The van der Waals surface area contributed by atoms with Crippen LogP contribution >= 0.6 is 27.3 Å². The topological polar surface area (TPSA) is 79.7 Å². The number of nitrogens with zero attached hydrogens (tertiary/aromatic N) is 3. The van der Waals surface area contributed by atoms with Gasteiger partial charge in [0.1, 0.15) is 6.54 Å². The molecule has 0 N–H and O–H groups in total. The molecule has 0 saturated carbocycles. The molecular weight excluding hydrogens is 454 g/mol. The van der Waals surface area contributed by atoms with E-state index < -0.39 is 10.0 Å².